The number of benzene rings is 2. The van der Waals surface area contributed by atoms with E-state index < -0.39 is 0 Å². The zero-order chi connectivity index (χ0) is 13.2. The molecule has 1 heteroatoms. The number of hydrogen-bond acceptors (Lipinski definition) is 0. The number of nitrogens with zero attached hydrogens (tertiary/aromatic N) is 1. The molecule has 0 fully saturated rings. The highest BCUT2D eigenvalue weighted by Gasteiger charge is 2.22. The predicted octanol–water partition coefficient (Wildman–Crippen LogP) is 4.22. The molecule has 1 aliphatic heterocycles. The molecule has 0 saturated heterocycles. The van der Waals surface area contributed by atoms with Crippen LogP contribution in [0.25, 0.3) is 0 Å². The van der Waals surface area contributed by atoms with Gasteiger partial charge in [-0.1, -0.05) is 36.8 Å². The standard InChI is InChI=1S/C18H19N/c1-14-12-15(2)19(17-9-4-3-5-10-17)13-16-8-6-7-11-18(14)16/h3-11,14-15H,12H2,1-2H3. The fourth-order valence-electron chi connectivity index (χ4n) is 2.92. The van der Waals surface area contributed by atoms with Crippen molar-refractivity contribution in [3.05, 3.63) is 65.7 Å². The van der Waals surface area contributed by atoms with Gasteiger partial charge in [-0.15, -0.1) is 23.8 Å². The van der Waals surface area contributed by atoms with E-state index in [1.54, 1.807) is 0 Å². The van der Waals surface area contributed by atoms with Gasteiger partial charge >= 0.3 is 0 Å². The summed E-state index contributed by atoms with van der Waals surface area (Å²) in [5.41, 5.74) is 3.86. The van der Waals surface area contributed by atoms with E-state index in [4.69, 9.17) is 0 Å². The van der Waals surface area contributed by atoms with Gasteiger partial charge in [0.05, 0.1) is 0 Å². The third kappa shape index (κ3) is 2.33. The fraction of sp³-hybridized carbons (Fsp3) is 0.278. The van der Waals surface area contributed by atoms with Crippen LogP contribution in [-0.2, 0) is 0 Å². The van der Waals surface area contributed by atoms with Crippen LogP contribution in [-0.4, -0.2) is 16.8 Å². The van der Waals surface area contributed by atoms with Crippen LogP contribution < -0.4 is 0 Å². The van der Waals surface area contributed by atoms with E-state index in [1.807, 2.05) is 0 Å². The molecule has 0 aliphatic carbocycles. The molecule has 0 amide bonds. The minimum Gasteiger partial charge on any atom is -0.272 e. The lowest BCUT2D eigenvalue weighted by Crippen LogP contribution is -2.19. The fourth-order valence-corrected chi connectivity index (χ4v) is 2.92. The van der Waals surface area contributed by atoms with Gasteiger partial charge in [0.25, 0.3) is 0 Å². The summed E-state index contributed by atoms with van der Waals surface area (Å²) in [5.74, 6) is 0.576. The third-order valence-corrected chi connectivity index (χ3v) is 3.90. The van der Waals surface area contributed by atoms with Crippen molar-refractivity contribution in [1.29, 1.82) is 0 Å². The van der Waals surface area contributed by atoms with E-state index in [2.05, 4.69) is 79.2 Å². The summed E-state index contributed by atoms with van der Waals surface area (Å²) in [5, 5.41) is 0. The normalized spacial score (nSPS) is 22.3. The number of rotatable bonds is 1. The van der Waals surface area contributed by atoms with E-state index >= 15 is 0 Å². The van der Waals surface area contributed by atoms with Gasteiger partial charge in [0.1, 0.15) is 11.7 Å². The molecule has 0 N–H and O–H groups in total. The van der Waals surface area contributed by atoms with Crippen LogP contribution >= 0.6 is 0 Å². The Kier molecular flexibility index (Phi) is 3.20. The largest absolute Gasteiger partial charge is 0.272 e. The lowest BCUT2D eigenvalue weighted by Gasteiger charge is -2.17. The van der Waals surface area contributed by atoms with Crippen molar-refractivity contribution in [3.63, 3.8) is 0 Å². The Bertz CT molecular complexity index is 598. The maximum atomic E-state index is 3.59. The quantitative estimate of drug-likeness (QED) is 0.526. The summed E-state index contributed by atoms with van der Waals surface area (Å²) in [6.45, 7) is 4.59. The Morgan fingerprint density at radius 2 is 1.63 bits per heavy atom. The van der Waals surface area contributed by atoms with Crippen LogP contribution in [0.3, 0.4) is 0 Å². The Morgan fingerprint density at radius 1 is 0.947 bits per heavy atom. The first-order valence-corrected chi connectivity index (χ1v) is 6.95. The van der Waals surface area contributed by atoms with Crippen molar-refractivity contribution < 1.29 is 4.58 Å². The van der Waals surface area contributed by atoms with Crippen molar-refractivity contribution >= 4 is 11.9 Å². The molecule has 96 valence electrons. The third-order valence-electron chi connectivity index (χ3n) is 3.90. The molecule has 2 aromatic carbocycles. The molecular formula is C18H19N. The highest BCUT2D eigenvalue weighted by Crippen LogP contribution is 2.29. The van der Waals surface area contributed by atoms with E-state index in [-0.39, 0.29) is 0 Å². The smallest absolute Gasteiger partial charge is 0.154 e. The highest BCUT2D eigenvalue weighted by atomic mass is 15.0. The number of hydrogen-bond donors (Lipinski definition) is 0. The van der Waals surface area contributed by atoms with Crippen LogP contribution in [0.15, 0.2) is 54.6 Å². The van der Waals surface area contributed by atoms with Gasteiger partial charge in [0.15, 0.2) is 6.21 Å². The number of fused-ring (bicyclic) bond motifs is 1. The summed E-state index contributed by atoms with van der Waals surface area (Å²) in [7, 11) is 0. The molecular weight excluding hydrogens is 230 g/mol. The summed E-state index contributed by atoms with van der Waals surface area (Å²) in [4.78, 5) is 0. The monoisotopic (exact) mass is 249 g/mol. The SMILES string of the molecule is CC1CC(C)[N+](c2ccccc2)=[C-]c2ccccc21. The zero-order valence-electron chi connectivity index (χ0n) is 11.5. The van der Waals surface area contributed by atoms with Crippen LogP contribution in [0.1, 0.15) is 37.3 Å². The van der Waals surface area contributed by atoms with Crippen molar-refractivity contribution in [1.82, 2.24) is 0 Å². The van der Waals surface area contributed by atoms with E-state index in [9.17, 15) is 0 Å². The lowest BCUT2D eigenvalue weighted by molar-refractivity contribution is -0.476. The van der Waals surface area contributed by atoms with Gasteiger partial charge in [-0.2, -0.15) is 0 Å². The van der Waals surface area contributed by atoms with Gasteiger partial charge in [-0.05, 0) is 25.0 Å². The maximum Gasteiger partial charge on any atom is 0.154 e. The minimum absolute atomic E-state index is 0.463. The average Bonchev–Trinajstić information content (AvgIpc) is 2.57. The van der Waals surface area contributed by atoms with Crippen molar-refractivity contribution in [2.45, 2.75) is 32.2 Å². The van der Waals surface area contributed by atoms with Crippen molar-refractivity contribution in [2.75, 3.05) is 0 Å². The summed E-state index contributed by atoms with van der Waals surface area (Å²) >= 11 is 0. The second kappa shape index (κ2) is 5.00. The topological polar surface area (TPSA) is 3.01 Å². The molecule has 2 atom stereocenters. The predicted molar refractivity (Wildman–Crippen MR) is 79.4 cm³/mol. The van der Waals surface area contributed by atoms with Crippen molar-refractivity contribution in [2.24, 2.45) is 0 Å². The molecule has 0 bridgehead atoms. The Balaban J connectivity index is 2.13. The Hall–Kier alpha value is -1.89. The van der Waals surface area contributed by atoms with Crippen LogP contribution in [0.2, 0.25) is 0 Å². The summed E-state index contributed by atoms with van der Waals surface area (Å²) in [6, 6.07) is 19.6. The van der Waals surface area contributed by atoms with E-state index in [0.717, 1.165) is 6.42 Å². The minimum atomic E-state index is 0.463. The van der Waals surface area contributed by atoms with Crippen molar-refractivity contribution in [3.8, 4) is 0 Å². The molecule has 0 saturated carbocycles. The van der Waals surface area contributed by atoms with Gasteiger partial charge in [-0.3, -0.25) is 4.58 Å². The molecule has 0 spiro atoms. The molecule has 3 rings (SSSR count). The molecule has 0 radical (unpaired) electrons. The first kappa shape index (κ1) is 12.2. The summed E-state index contributed by atoms with van der Waals surface area (Å²) in [6.07, 6.45) is 4.74. The van der Waals surface area contributed by atoms with Crippen LogP contribution in [0.4, 0.5) is 5.69 Å². The zero-order valence-corrected chi connectivity index (χ0v) is 11.5. The number of para-hydroxylation sites is 1. The van der Waals surface area contributed by atoms with Gasteiger partial charge < -0.3 is 0 Å². The van der Waals surface area contributed by atoms with Crippen LogP contribution in [0.5, 0.6) is 0 Å². The highest BCUT2D eigenvalue weighted by molar-refractivity contribution is 5.79. The molecule has 1 heterocycles. The van der Waals surface area contributed by atoms with Gasteiger partial charge in [0.2, 0.25) is 0 Å². The molecule has 19 heavy (non-hydrogen) atoms. The lowest BCUT2D eigenvalue weighted by atomic mass is 9.92. The maximum absolute atomic E-state index is 3.59. The van der Waals surface area contributed by atoms with E-state index in [1.165, 1.54) is 16.8 Å². The molecule has 1 aliphatic rings. The summed E-state index contributed by atoms with van der Waals surface area (Å²) < 4.78 is 2.28. The van der Waals surface area contributed by atoms with Crippen LogP contribution in [0, 0.1) is 0 Å². The average molecular weight is 249 g/mol. The second-order valence-electron chi connectivity index (χ2n) is 5.39. The molecule has 2 aromatic rings. The Labute approximate surface area is 115 Å². The van der Waals surface area contributed by atoms with Gasteiger partial charge in [-0.25, -0.2) is 0 Å². The van der Waals surface area contributed by atoms with Gasteiger partial charge in [0, 0.05) is 6.42 Å². The molecule has 2 unspecified atom stereocenters. The Morgan fingerprint density at radius 3 is 2.42 bits per heavy atom. The molecule has 1 nitrogen and oxygen atoms in total. The first-order chi connectivity index (χ1) is 9.25. The second-order valence-corrected chi connectivity index (χ2v) is 5.39. The van der Waals surface area contributed by atoms with E-state index in [0.29, 0.717) is 12.0 Å². The molecule has 0 aromatic heterocycles. The first-order valence-electron chi connectivity index (χ1n) is 6.95.